The van der Waals surface area contributed by atoms with Crippen LogP contribution in [0.25, 0.3) is 0 Å². The molecule has 1 rings (SSSR count). The van der Waals surface area contributed by atoms with Crippen LogP contribution in [0.1, 0.15) is 13.3 Å². The molecule has 0 spiro atoms. The fourth-order valence-electron chi connectivity index (χ4n) is 1.38. The molecule has 82 valence electrons. The maximum absolute atomic E-state index is 10.7. The number of aliphatic hydroxyl groups is 4. The molecule has 6 heteroatoms. The van der Waals surface area contributed by atoms with Crippen molar-refractivity contribution in [2.75, 3.05) is 0 Å². The van der Waals surface area contributed by atoms with Crippen LogP contribution in [0.2, 0.25) is 0 Å². The number of carbonyl (C=O) groups is 1. The predicted octanol–water partition coefficient (Wildman–Crippen LogP) is -2.23. The van der Waals surface area contributed by atoms with Gasteiger partial charge in [0, 0.05) is 6.42 Å². The molecule has 1 aliphatic rings. The molecular formula is C8H14O6. The summed E-state index contributed by atoms with van der Waals surface area (Å²) in [6, 6.07) is 0. The van der Waals surface area contributed by atoms with E-state index >= 15 is 0 Å². The molecule has 1 aliphatic heterocycles. The van der Waals surface area contributed by atoms with Crippen molar-refractivity contribution in [1.29, 1.82) is 0 Å². The number of ether oxygens (including phenoxy) is 1. The van der Waals surface area contributed by atoms with Crippen molar-refractivity contribution in [2.45, 2.75) is 44.1 Å². The molecule has 5 unspecified atom stereocenters. The summed E-state index contributed by atoms with van der Waals surface area (Å²) in [5.74, 6) is -0.232. The van der Waals surface area contributed by atoms with Crippen molar-refractivity contribution in [3.05, 3.63) is 0 Å². The van der Waals surface area contributed by atoms with Crippen LogP contribution in [0, 0.1) is 0 Å². The summed E-state index contributed by atoms with van der Waals surface area (Å²) in [7, 11) is 0. The molecule has 0 radical (unpaired) electrons. The van der Waals surface area contributed by atoms with Gasteiger partial charge in [-0.1, -0.05) is 0 Å². The fourth-order valence-corrected chi connectivity index (χ4v) is 1.38. The third kappa shape index (κ3) is 2.28. The van der Waals surface area contributed by atoms with Crippen molar-refractivity contribution >= 4 is 5.78 Å². The zero-order chi connectivity index (χ0) is 10.9. The molecular weight excluding hydrogens is 192 g/mol. The Hall–Kier alpha value is -0.530. The van der Waals surface area contributed by atoms with E-state index in [9.17, 15) is 15.0 Å². The minimum atomic E-state index is -1.57. The van der Waals surface area contributed by atoms with E-state index in [1.165, 1.54) is 6.92 Å². The number of carbonyl (C=O) groups excluding carboxylic acids is 1. The van der Waals surface area contributed by atoms with E-state index < -0.39 is 30.7 Å². The number of Topliss-reactive ketones (excluding diaryl/α,β-unsaturated/α-hetero) is 1. The zero-order valence-electron chi connectivity index (χ0n) is 7.70. The number of aliphatic hydroxyl groups excluding tert-OH is 4. The van der Waals surface area contributed by atoms with Gasteiger partial charge in [-0.3, -0.25) is 4.79 Å². The third-order valence-corrected chi connectivity index (χ3v) is 2.18. The Morgan fingerprint density at radius 3 is 2.21 bits per heavy atom. The zero-order valence-corrected chi connectivity index (χ0v) is 7.70. The summed E-state index contributed by atoms with van der Waals surface area (Å²) in [5.41, 5.74) is 0. The van der Waals surface area contributed by atoms with Crippen LogP contribution in [-0.2, 0) is 9.53 Å². The van der Waals surface area contributed by atoms with E-state index in [1.54, 1.807) is 0 Å². The van der Waals surface area contributed by atoms with Gasteiger partial charge in [0.2, 0.25) is 0 Å². The highest BCUT2D eigenvalue weighted by Gasteiger charge is 2.43. The molecule has 5 atom stereocenters. The largest absolute Gasteiger partial charge is 0.388 e. The summed E-state index contributed by atoms with van der Waals surface area (Å²) in [4.78, 5) is 10.7. The fraction of sp³-hybridized carbons (Fsp3) is 0.875. The Kier molecular flexibility index (Phi) is 3.57. The van der Waals surface area contributed by atoms with Crippen LogP contribution in [0.3, 0.4) is 0 Å². The topological polar surface area (TPSA) is 107 Å². The van der Waals surface area contributed by atoms with Gasteiger partial charge in [-0.2, -0.15) is 0 Å². The minimum absolute atomic E-state index is 0.109. The number of hydrogen-bond donors (Lipinski definition) is 4. The van der Waals surface area contributed by atoms with Gasteiger partial charge >= 0.3 is 0 Å². The van der Waals surface area contributed by atoms with Gasteiger partial charge in [0.05, 0.1) is 6.10 Å². The molecule has 1 saturated heterocycles. The first kappa shape index (κ1) is 11.5. The molecule has 4 N–H and O–H groups in total. The Bertz CT molecular complexity index is 218. The first-order valence-electron chi connectivity index (χ1n) is 4.30. The summed E-state index contributed by atoms with van der Waals surface area (Å²) in [6.45, 7) is 1.31. The van der Waals surface area contributed by atoms with Crippen molar-refractivity contribution in [3.8, 4) is 0 Å². The average Bonchev–Trinajstić information content (AvgIpc) is 2.10. The van der Waals surface area contributed by atoms with Crippen molar-refractivity contribution < 1.29 is 30.0 Å². The van der Waals surface area contributed by atoms with E-state index in [0.717, 1.165) is 0 Å². The molecule has 0 bridgehead atoms. The molecule has 0 aromatic heterocycles. The second kappa shape index (κ2) is 4.33. The van der Waals surface area contributed by atoms with Crippen molar-refractivity contribution in [2.24, 2.45) is 0 Å². The SMILES string of the molecule is CC(=O)CC1OC(O)C(O)C(O)C1O. The lowest BCUT2D eigenvalue weighted by Crippen LogP contribution is -2.57. The average molecular weight is 206 g/mol. The molecule has 0 aromatic carbocycles. The summed E-state index contributed by atoms with van der Waals surface area (Å²) < 4.78 is 4.77. The summed E-state index contributed by atoms with van der Waals surface area (Å²) in [5, 5.41) is 36.8. The lowest BCUT2D eigenvalue weighted by atomic mass is 9.96. The number of rotatable bonds is 2. The van der Waals surface area contributed by atoms with Crippen LogP contribution in [0.5, 0.6) is 0 Å². The summed E-state index contributed by atoms with van der Waals surface area (Å²) >= 11 is 0. The van der Waals surface area contributed by atoms with Crippen LogP contribution in [0.4, 0.5) is 0 Å². The van der Waals surface area contributed by atoms with E-state index in [-0.39, 0.29) is 12.2 Å². The second-order valence-electron chi connectivity index (χ2n) is 3.44. The molecule has 0 amide bonds. The Morgan fingerprint density at radius 2 is 1.71 bits per heavy atom. The normalized spacial score (nSPS) is 43.6. The monoisotopic (exact) mass is 206 g/mol. The van der Waals surface area contributed by atoms with E-state index in [4.69, 9.17) is 14.9 Å². The Morgan fingerprint density at radius 1 is 1.14 bits per heavy atom. The first-order valence-corrected chi connectivity index (χ1v) is 4.30. The standard InChI is InChI=1S/C8H14O6/c1-3(9)2-4-5(10)6(11)7(12)8(13)14-4/h4-8,10-13H,2H2,1H3. The van der Waals surface area contributed by atoms with Gasteiger partial charge in [0.15, 0.2) is 6.29 Å². The maximum Gasteiger partial charge on any atom is 0.183 e. The Labute approximate surface area is 80.7 Å². The number of ketones is 1. The lowest BCUT2D eigenvalue weighted by molar-refractivity contribution is -0.281. The molecule has 1 fully saturated rings. The number of hydrogen-bond acceptors (Lipinski definition) is 6. The second-order valence-corrected chi connectivity index (χ2v) is 3.44. The van der Waals surface area contributed by atoms with Gasteiger partial charge in [-0.15, -0.1) is 0 Å². The minimum Gasteiger partial charge on any atom is -0.388 e. The molecule has 14 heavy (non-hydrogen) atoms. The van der Waals surface area contributed by atoms with Gasteiger partial charge in [0.1, 0.15) is 24.1 Å². The van der Waals surface area contributed by atoms with E-state index in [1.807, 2.05) is 0 Å². The highest BCUT2D eigenvalue weighted by molar-refractivity contribution is 5.76. The first-order chi connectivity index (χ1) is 6.43. The van der Waals surface area contributed by atoms with Gasteiger partial charge < -0.3 is 25.2 Å². The smallest absolute Gasteiger partial charge is 0.183 e. The van der Waals surface area contributed by atoms with Gasteiger partial charge in [-0.05, 0) is 6.92 Å². The van der Waals surface area contributed by atoms with Gasteiger partial charge in [-0.25, -0.2) is 0 Å². The lowest BCUT2D eigenvalue weighted by Gasteiger charge is -2.37. The highest BCUT2D eigenvalue weighted by Crippen LogP contribution is 2.21. The van der Waals surface area contributed by atoms with E-state index in [2.05, 4.69) is 0 Å². The van der Waals surface area contributed by atoms with E-state index in [0.29, 0.717) is 0 Å². The third-order valence-electron chi connectivity index (χ3n) is 2.18. The van der Waals surface area contributed by atoms with Crippen molar-refractivity contribution in [3.63, 3.8) is 0 Å². The van der Waals surface area contributed by atoms with Crippen LogP contribution >= 0.6 is 0 Å². The summed E-state index contributed by atoms with van der Waals surface area (Å²) in [6.07, 6.45) is -7.06. The van der Waals surface area contributed by atoms with Gasteiger partial charge in [0.25, 0.3) is 0 Å². The van der Waals surface area contributed by atoms with Crippen molar-refractivity contribution in [1.82, 2.24) is 0 Å². The molecule has 0 aliphatic carbocycles. The highest BCUT2D eigenvalue weighted by atomic mass is 16.6. The molecule has 6 nitrogen and oxygen atoms in total. The van der Waals surface area contributed by atoms with Crippen LogP contribution in [-0.4, -0.2) is 56.9 Å². The quantitative estimate of drug-likeness (QED) is 0.407. The molecule has 1 heterocycles. The predicted molar refractivity (Wildman–Crippen MR) is 44.2 cm³/mol. The Balaban J connectivity index is 2.65. The molecule has 0 saturated carbocycles. The maximum atomic E-state index is 10.7. The van der Waals surface area contributed by atoms with Crippen LogP contribution < -0.4 is 0 Å². The van der Waals surface area contributed by atoms with Crippen LogP contribution in [0.15, 0.2) is 0 Å². The molecule has 0 aromatic rings.